The van der Waals surface area contributed by atoms with Crippen molar-refractivity contribution in [2.45, 2.75) is 20.3 Å². The van der Waals surface area contributed by atoms with Crippen LogP contribution in [0.15, 0.2) is 22.7 Å². The molecule has 1 rings (SSSR count). The zero-order chi connectivity index (χ0) is 13.7. The predicted octanol–water partition coefficient (Wildman–Crippen LogP) is 2.14. The van der Waals surface area contributed by atoms with E-state index in [1.54, 1.807) is 6.92 Å². The molecule has 0 aromatic heterocycles. The summed E-state index contributed by atoms with van der Waals surface area (Å²) in [7, 11) is 0. The van der Waals surface area contributed by atoms with Crippen molar-refractivity contribution in [2.24, 2.45) is 5.92 Å². The maximum absolute atomic E-state index is 11.6. The number of hydrogen-bond donors (Lipinski definition) is 2. The van der Waals surface area contributed by atoms with Gasteiger partial charge in [0.2, 0.25) is 5.91 Å². The number of nitrogens with one attached hydrogen (secondary N) is 1. The van der Waals surface area contributed by atoms with E-state index in [0.29, 0.717) is 0 Å². The highest BCUT2D eigenvalue weighted by Crippen LogP contribution is 2.17. The Morgan fingerprint density at radius 1 is 1.44 bits per heavy atom. The fourth-order valence-electron chi connectivity index (χ4n) is 1.35. The highest BCUT2D eigenvalue weighted by atomic mass is 79.9. The summed E-state index contributed by atoms with van der Waals surface area (Å²) in [6.07, 6.45) is 0.255. The van der Waals surface area contributed by atoms with Crippen LogP contribution in [-0.4, -0.2) is 23.5 Å². The number of halogens is 1. The van der Waals surface area contributed by atoms with Crippen molar-refractivity contribution in [2.75, 3.05) is 6.54 Å². The molecule has 98 valence electrons. The molecular weight excluding hydrogens is 298 g/mol. The third-order valence-corrected chi connectivity index (χ3v) is 3.48. The first-order valence-electron chi connectivity index (χ1n) is 5.64. The van der Waals surface area contributed by atoms with Crippen molar-refractivity contribution in [1.29, 1.82) is 0 Å². The molecular formula is C13H16BrNO3. The molecule has 0 aliphatic heterocycles. The van der Waals surface area contributed by atoms with E-state index in [1.165, 1.54) is 0 Å². The normalized spacial score (nSPS) is 11.9. The molecule has 0 saturated heterocycles. The van der Waals surface area contributed by atoms with E-state index in [4.69, 9.17) is 5.11 Å². The van der Waals surface area contributed by atoms with Crippen LogP contribution in [0.2, 0.25) is 0 Å². The lowest BCUT2D eigenvalue weighted by Gasteiger charge is -2.09. The minimum absolute atomic E-state index is 0.154. The molecule has 0 fully saturated rings. The fraction of sp³-hybridized carbons (Fsp3) is 0.385. The van der Waals surface area contributed by atoms with Gasteiger partial charge in [-0.25, -0.2) is 0 Å². The lowest BCUT2D eigenvalue weighted by atomic mass is 10.1. The van der Waals surface area contributed by atoms with Gasteiger partial charge in [0.05, 0.1) is 12.3 Å². The van der Waals surface area contributed by atoms with E-state index < -0.39 is 11.9 Å². The van der Waals surface area contributed by atoms with E-state index in [-0.39, 0.29) is 18.9 Å². The smallest absolute Gasteiger partial charge is 0.308 e. The van der Waals surface area contributed by atoms with Crippen LogP contribution < -0.4 is 5.32 Å². The molecule has 4 nitrogen and oxygen atoms in total. The van der Waals surface area contributed by atoms with Crippen molar-refractivity contribution in [3.8, 4) is 0 Å². The van der Waals surface area contributed by atoms with Crippen molar-refractivity contribution in [3.63, 3.8) is 0 Å². The molecule has 0 saturated carbocycles. The average molecular weight is 314 g/mol. The number of carboxylic acid groups (broad SMARTS) is 1. The SMILES string of the molecule is Cc1ccc(CC(=O)NCC(C)C(=O)O)cc1Br. The van der Waals surface area contributed by atoms with E-state index >= 15 is 0 Å². The Hall–Kier alpha value is -1.36. The lowest BCUT2D eigenvalue weighted by Crippen LogP contribution is -2.32. The van der Waals surface area contributed by atoms with Crippen LogP contribution in [0.5, 0.6) is 0 Å². The fourth-order valence-corrected chi connectivity index (χ4v) is 1.77. The molecule has 1 atom stereocenters. The summed E-state index contributed by atoms with van der Waals surface area (Å²) in [5, 5.41) is 11.3. The van der Waals surface area contributed by atoms with Gasteiger partial charge in [0, 0.05) is 11.0 Å². The Kier molecular flexibility index (Phi) is 5.34. The van der Waals surface area contributed by atoms with E-state index in [1.807, 2.05) is 25.1 Å². The van der Waals surface area contributed by atoms with Gasteiger partial charge in [0.1, 0.15) is 0 Å². The number of benzene rings is 1. The van der Waals surface area contributed by atoms with Crippen LogP contribution in [-0.2, 0) is 16.0 Å². The predicted molar refractivity (Wildman–Crippen MR) is 72.4 cm³/mol. The van der Waals surface area contributed by atoms with Gasteiger partial charge < -0.3 is 10.4 Å². The second-order valence-electron chi connectivity index (χ2n) is 4.30. The Balaban J connectivity index is 2.49. The minimum atomic E-state index is -0.909. The summed E-state index contributed by atoms with van der Waals surface area (Å²) >= 11 is 3.41. The number of carbonyl (C=O) groups is 2. The molecule has 1 aromatic carbocycles. The van der Waals surface area contributed by atoms with Crippen LogP contribution in [0.3, 0.4) is 0 Å². The van der Waals surface area contributed by atoms with Gasteiger partial charge in [-0.3, -0.25) is 9.59 Å². The van der Waals surface area contributed by atoms with Crippen LogP contribution in [0.4, 0.5) is 0 Å². The Morgan fingerprint density at radius 3 is 2.67 bits per heavy atom. The van der Waals surface area contributed by atoms with E-state index in [2.05, 4.69) is 21.2 Å². The molecule has 2 N–H and O–H groups in total. The zero-order valence-electron chi connectivity index (χ0n) is 10.4. The molecule has 0 radical (unpaired) electrons. The maximum atomic E-state index is 11.6. The summed E-state index contributed by atoms with van der Waals surface area (Å²) in [6, 6.07) is 5.72. The molecule has 0 aliphatic rings. The van der Waals surface area contributed by atoms with Crippen molar-refractivity contribution in [1.82, 2.24) is 5.32 Å². The van der Waals surface area contributed by atoms with Crippen molar-refractivity contribution < 1.29 is 14.7 Å². The second kappa shape index (κ2) is 6.54. The summed E-state index contributed by atoms with van der Waals surface area (Å²) in [5.41, 5.74) is 2.01. The molecule has 0 heterocycles. The number of amides is 1. The molecule has 18 heavy (non-hydrogen) atoms. The number of carbonyl (C=O) groups excluding carboxylic acids is 1. The third-order valence-electron chi connectivity index (χ3n) is 2.63. The quantitative estimate of drug-likeness (QED) is 0.875. The first kappa shape index (κ1) is 14.7. The number of hydrogen-bond acceptors (Lipinski definition) is 2. The topological polar surface area (TPSA) is 66.4 Å². The molecule has 0 spiro atoms. The molecule has 5 heteroatoms. The van der Waals surface area contributed by atoms with Gasteiger partial charge in [-0.05, 0) is 24.1 Å². The summed E-state index contributed by atoms with van der Waals surface area (Å²) in [4.78, 5) is 22.2. The van der Waals surface area contributed by atoms with Crippen LogP contribution >= 0.6 is 15.9 Å². The molecule has 0 aliphatic carbocycles. The molecule has 1 unspecified atom stereocenters. The summed E-state index contributed by atoms with van der Waals surface area (Å²) in [6.45, 7) is 3.69. The molecule has 1 amide bonds. The largest absolute Gasteiger partial charge is 0.481 e. The van der Waals surface area contributed by atoms with Crippen LogP contribution in [0.1, 0.15) is 18.1 Å². The minimum Gasteiger partial charge on any atom is -0.481 e. The standard InChI is InChI=1S/C13H16BrNO3/c1-8-3-4-10(5-11(8)14)6-12(16)15-7-9(2)13(17)18/h3-5,9H,6-7H2,1-2H3,(H,15,16)(H,17,18). The Bertz CT molecular complexity index is 460. The highest BCUT2D eigenvalue weighted by molar-refractivity contribution is 9.10. The Labute approximate surface area is 115 Å². The number of aryl methyl sites for hydroxylation is 1. The van der Waals surface area contributed by atoms with Gasteiger partial charge in [-0.2, -0.15) is 0 Å². The van der Waals surface area contributed by atoms with E-state index in [0.717, 1.165) is 15.6 Å². The van der Waals surface area contributed by atoms with Crippen molar-refractivity contribution in [3.05, 3.63) is 33.8 Å². The van der Waals surface area contributed by atoms with E-state index in [9.17, 15) is 9.59 Å². The van der Waals surface area contributed by atoms with Crippen LogP contribution in [0.25, 0.3) is 0 Å². The Morgan fingerprint density at radius 2 is 2.11 bits per heavy atom. The lowest BCUT2D eigenvalue weighted by molar-refractivity contribution is -0.141. The molecule has 0 bridgehead atoms. The second-order valence-corrected chi connectivity index (χ2v) is 5.16. The van der Waals surface area contributed by atoms with Gasteiger partial charge in [0.15, 0.2) is 0 Å². The van der Waals surface area contributed by atoms with Gasteiger partial charge in [0.25, 0.3) is 0 Å². The van der Waals surface area contributed by atoms with Gasteiger partial charge in [-0.1, -0.05) is 35.0 Å². The van der Waals surface area contributed by atoms with Gasteiger partial charge in [-0.15, -0.1) is 0 Å². The van der Waals surface area contributed by atoms with Gasteiger partial charge >= 0.3 is 5.97 Å². The first-order valence-corrected chi connectivity index (χ1v) is 6.44. The summed E-state index contributed by atoms with van der Waals surface area (Å²) < 4.78 is 0.965. The maximum Gasteiger partial charge on any atom is 0.308 e. The first-order chi connectivity index (χ1) is 8.40. The monoisotopic (exact) mass is 313 g/mol. The summed E-state index contributed by atoms with van der Waals surface area (Å²) in [5.74, 6) is -1.65. The highest BCUT2D eigenvalue weighted by Gasteiger charge is 2.12. The molecule has 1 aromatic rings. The zero-order valence-corrected chi connectivity index (χ0v) is 12.0. The average Bonchev–Trinajstić information content (AvgIpc) is 2.30. The number of aliphatic carboxylic acids is 1. The number of carboxylic acids is 1. The third kappa shape index (κ3) is 4.49. The van der Waals surface area contributed by atoms with Crippen molar-refractivity contribution >= 4 is 27.8 Å². The number of rotatable bonds is 5. The van der Waals surface area contributed by atoms with Crippen LogP contribution in [0, 0.1) is 12.8 Å².